The van der Waals surface area contributed by atoms with Gasteiger partial charge in [0, 0.05) is 6.92 Å². The number of ether oxygens (including phenoxy) is 1. The molecule has 1 aliphatic rings. The summed E-state index contributed by atoms with van der Waals surface area (Å²) in [6, 6.07) is 0. The van der Waals surface area contributed by atoms with Gasteiger partial charge in [0.15, 0.2) is 5.12 Å². The fraction of sp³-hybridized carbons (Fsp3) is 0.875. The number of aliphatic hydroxyl groups is 4. The van der Waals surface area contributed by atoms with Gasteiger partial charge in [-0.1, -0.05) is 11.8 Å². The number of rotatable bonds is 2. The van der Waals surface area contributed by atoms with Crippen LogP contribution < -0.4 is 0 Å². The van der Waals surface area contributed by atoms with Crippen molar-refractivity contribution >= 4 is 16.9 Å². The summed E-state index contributed by atoms with van der Waals surface area (Å²) in [6.07, 6.45) is -5.11. The van der Waals surface area contributed by atoms with Crippen LogP contribution in [0.3, 0.4) is 0 Å². The Kier molecular flexibility index (Phi) is 4.50. The molecule has 1 heterocycles. The average Bonchev–Trinajstić information content (AvgIpc) is 2.18. The van der Waals surface area contributed by atoms with Crippen molar-refractivity contribution in [3.05, 3.63) is 0 Å². The Morgan fingerprint density at radius 1 is 1.27 bits per heavy atom. The highest BCUT2D eigenvalue weighted by Crippen LogP contribution is 2.28. The van der Waals surface area contributed by atoms with E-state index in [0.717, 1.165) is 0 Å². The fourth-order valence-corrected chi connectivity index (χ4v) is 2.15. The third-order valence-corrected chi connectivity index (χ3v) is 3.08. The van der Waals surface area contributed by atoms with E-state index in [-0.39, 0.29) is 5.12 Å². The van der Waals surface area contributed by atoms with Gasteiger partial charge in [0.2, 0.25) is 0 Å². The number of thioether (sulfide) groups is 1. The number of hydrogen-bond acceptors (Lipinski definition) is 7. The normalized spacial score (nSPS) is 41.5. The summed E-state index contributed by atoms with van der Waals surface area (Å²) >= 11 is 0.715. The van der Waals surface area contributed by atoms with Crippen LogP contribution in [-0.2, 0) is 9.53 Å². The molecule has 5 atom stereocenters. The topological polar surface area (TPSA) is 107 Å². The third-order valence-electron chi connectivity index (χ3n) is 2.13. The largest absolute Gasteiger partial charge is 0.394 e. The van der Waals surface area contributed by atoms with Gasteiger partial charge in [0.05, 0.1) is 6.61 Å². The molecule has 0 aliphatic carbocycles. The molecule has 0 saturated carbocycles. The molecule has 0 bridgehead atoms. The lowest BCUT2D eigenvalue weighted by Gasteiger charge is -2.39. The van der Waals surface area contributed by atoms with E-state index >= 15 is 0 Å². The second-order valence-corrected chi connectivity index (χ2v) is 4.58. The Balaban J connectivity index is 2.69. The quantitative estimate of drug-likeness (QED) is 0.443. The summed E-state index contributed by atoms with van der Waals surface area (Å²) in [5.41, 5.74) is -0.960. The van der Waals surface area contributed by atoms with Crippen molar-refractivity contribution in [1.82, 2.24) is 0 Å². The van der Waals surface area contributed by atoms with E-state index in [9.17, 15) is 20.1 Å². The summed E-state index contributed by atoms with van der Waals surface area (Å²) in [5.74, 6) is 0. The molecule has 0 radical (unpaired) electrons. The first-order valence-electron chi connectivity index (χ1n) is 4.45. The van der Waals surface area contributed by atoms with E-state index in [1.807, 2.05) is 0 Å². The second-order valence-electron chi connectivity index (χ2n) is 3.31. The van der Waals surface area contributed by atoms with Gasteiger partial charge in [-0.25, -0.2) is 0 Å². The Labute approximate surface area is 90.9 Å². The molecular formula is C8H14O6S. The highest BCUT2D eigenvalue weighted by atomic mass is 32.2. The van der Waals surface area contributed by atoms with Gasteiger partial charge >= 0.3 is 0 Å². The predicted molar refractivity (Wildman–Crippen MR) is 52.0 cm³/mol. The van der Waals surface area contributed by atoms with Gasteiger partial charge in [-0.05, 0) is 0 Å². The standard InChI is InChI=1S/C8H14O6S/c1-3(10)15-8-7(13)6(12)5(11)4(2-9)14-8/h4-9,11-13H,2H2,1H3/t4-,5-,6+,7+,8?/m1/s1. The molecule has 15 heavy (non-hydrogen) atoms. The monoisotopic (exact) mass is 238 g/mol. The van der Waals surface area contributed by atoms with E-state index in [1.165, 1.54) is 6.92 Å². The van der Waals surface area contributed by atoms with Crippen molar-refractivity contribution in [2.24, 2.45) is 0 Å². The molecular weight excluding hydrogens is 224 g/mol. The summed E-state index contributed by atoms with van der Waals surface area (Å²) < 4.78 is 5.07. The van der Waals surface area contributed by atoms with Crippen LogP contribution in [0, 0.1) is 0 Å². The Morgan fingerprint density at radius 3 is 2.33 bits per heavy atom. The lowest BCUT2D eigenvalue weighted by atomic mass is 10.0. The molecule has 0 amide bonds. The van der Waals surface area contributed by atoms with Crippen molar-refractivity contribution < 1.29 is 30.0 Å². The van der Waals surface area contributed by atoms with Crippen molar-refractivity contribution in [1.29, 1.82) is 0 Å². The molecule has 1 saturated heterocycles. The molecule has 1 rings (SSSR count). The highest BCUT2D eigenvalue weighted by molar-refractivity contribution is 8.14. The Bertz CT molecular complexity index is 233. The van der Waals surface area contributed by atoms with E-state index in [2.05, 4.69) is 0 Å². The number of aliphatic hydroxyl groups excluding tert-OH is 4. The molecule has 4 N–H and O–H groups in total. The number of hydrogen-bond donors (Lipinski definition) is 4. The molecule has 0 aromatic heterocycles. The zero-order valence-corrected chi connectivity index (χ0v) is 8.92. The van der Waals surface area contributed by atoms with E-state index in [1.54, 1.807) is 0 Å². The number of carbonyl (C=O) groups is 1. The van der Waals surface area contributed by atoms with Crippen molar-refractivity contribution in [2.45, 2.75) is 36.8 Å². The van der Waals surface area contributed by atoms with Crippen molar-refractivity contribution in [3.8, 4) is 0 Å². The molecule has 6 nitrogen and oxygen atoms in total. The van der Waals surface area contributed by atoms with Crippen LogP contribution in [0.4, 0.5) is 0 Å². The maximum atomic E-state index is 10.8. The van der Waals surface area contributed by atoms with E-state index in [4.69, 9.17) is 9.84 Å². The van der Waals surface area contributed by atoms with Crippen molar-refractivity contribution in [3.63, 3.8) is 0 Å². The van der Waals surface area contributed by atoms with Gasteiger partial charge in [-0.2, -0.15) is 0 Å². The minimum Gasteiger partial charge on any atom is -0.394 e. The molecule has 7 heteroatoms. The average molecular weight is 238 g/mol. The molecule has 0 aromatic carbocycles. The molecule has 88 valence electrons. The zero-order chi connectivity index (χ0) is 11.6. The van der Waals surface area contributed by atoms with E-state index in [0.29, 0.717) is 11.8 Å². The molecule has 1 fully saturated rings. The van der Waals surface area contributed by atoms with Crippen LogP contribution in [0.25, 0.3) is 0 Å². The second kappa shape index (κ2) is 5.24. The van der Waals surface area contributed by atoms with Crippen molar-refractivity contribution in [2.75, 3.05) is 6.61 Å². The third kappa shape index (κ3) is 2.90. The zero-order valence-electron chi connectivity index (χ0n) is 8.11. The van der Waals surface area contributed by atoms with E-state index < -0.39 is 36.5 Å². The Hall–Kier alpha value is -0.180. The number of carbonyl (C=O) groups excluding carboxylic acids is 1. The summed E-state index contributed by atoms with van der Waals surface area (Å²) in [6.45, 7) is 0.812. The van der Waals surface area contributed by atoms with Gasteiger partial charge in [0.1, 0.15) is 29.9 Å². The lowest BCUT2D eigenvalue weighted by Crippen LogP contribution is -2.57. The Morgan fingerprint density at radius 2 is 1.87 bits per heavy atom. The van der Waals surface area contributed by atoms with Crippen LogP contribution in [-0.4, -0.2) is 62.0 Å². The van der Waals surface area contributed by atoms with Gasteiger partial charge in [-0.3, -0.25) is 4.79 Å². The smallest absolute Gasteiger partial charge is 0.188 e. The van der Waals surface area contributed by atoms with Crippen LogP contribution >= 0.6 is 11.8 Å². The maximum Gasteiger partial charge on any atom is 0.188 e. The minimum atomic E-state index is -1.42. The fourth-order valence-electron chi connectivity index (χ4n) is 1.33. The summed E-state index contributed by atoms with van der Waals surface area (Å²) in [5, 5.41) is 36.8. The first-order chi connectivity index (χ1) is 6.97. The van der Waals surface area contributed by atoms with Crippen LogP contribution in [0.5, 0.6) is 0 Å². The van der Waals surface area contributed by atoms with Gasteiger partial charge in [-0.15, -0.1) is 0 Å². The maximum absolute atomic E-state index is 10.8. The molecule has 1 aliphatic heterocycles. The first kappa shape index (κ1) is 12.9. The summed E-state index contributed by atoms with van der Waals surface area (Å²) in [4.78, 5) is 10.8. The molecule has 1 unspecified atom stereocenters. The lowest BCUT2D eigenvalue weighted by molar-refractivity contribution is -0.205. The van der Waals surface area contributed by atoms with Crippen LogP contribution in [0.2, 0.25) is 0 Å². The SMILES string of the molecule is CC(=O)SC1O[C@H](CO)[C@@H](O)[C@H](O)[C@@H]1O. The highest BCUT2D eigenvalue weighted by Gasteiger charge is 2.44. The molecule has 0 aromatic rings. The van der Waals surface area contributed by atoms with Gasteiger partial charge < -0.3 is 25.2 Å². The minimum absolute atomic E-state index is 0.278. The first-order valence-corrected chi connectivity index (χ1v) is 5.33. The predicted octanol–water partition coefficient (Wildman–Crippen LogP) is -1.93. The molecule has 0 spiro atoms. The van der Waals surface area contributed by atoms with Crippen LogP contribution in [0.15, 0.2) is 0 Å². The summed E-state index contributed by atoms with van der Waals surface area (Å²) in [7, 11) is 0. The van der Waals surface area contributed by atoms with Crippen LogP contribution in [0.1, 0.15) is 6.92 Å². The van der Waals surface area contributed by atoms with Gasteiger partial charge in [0.25, 0.3) is 0 Å².